The number of hydrogen-bond acceptors (Lipinski definition) is 6. The third-order valence-corrected chi connectivity index (χ3v) is 4.50. The molecule has 0 aliphatic rings. The molecule has 0 spiro atoms. The lowest BCUT2D eigenvalue weighted by Gasteiger charge is -2.27. The Morgan fingerprint density at radius 3 is 1.93 bits per heavy atom. The highest BCUT2D eigenvalue weighted by Crippen LogP contribution is 2.25. The topological polar surface area (TPSA) is 82.1 Å². The number of methoxy groups -OCH3 is 2. The van der Waals surface area contributed by atoms with Crippen LogP contribution in [0.1, 0.15) is 29.8 Å². The number of amides is 1. The van der Waals surface area contributed by atoms with Crippen molar-refractivity contribution >= 4 is 16.0 Å². The van der Waals surface area contributed by atoms with Gasteiger partial charge in [0.05, 0.1) is 20.5 Å². The summed E-state index contributed by atoms with van der Waals surface area (Å²) in [6.07, 6.45) is 0.989. The minimum atomic E-state index is -3.58. The standard InChI is InChI=1S/C20H25NO6S/c1-14(2)21(13-15-6-8-17(9-7-15)27-28(5,23)24)20(22)16-10-18(25-3)12-19(11-16)26-4/h6-12,14H,13H2,1-5H3. The number of carbonyl (C=O) groups is 1. The monoisotopic (exact) mass is 407 g/mol. The Bertz CT molecular complexity index is 900. The van der Waals surface area contributed by atoms with Crippen molar-refractivity contribution in [3.63, 3.8) is 0 Å². The highest BCUT2D eigenvalue weighted by atomic mass is 32.2. The quantitative estimate of drug-likeness (QED) is 0.626. The van der Waals surface area contributed by atoms with Gasteiger partial charge in [-0.3, -0.25) is 4.79 Å². The summed E-state index contributed by atoms with van der Waals surface area (Å²) >= 11 is 0. The molecule has 2 aromatic carbocycles. The van der Waals surface area contributed by atoms with Gasteiger partial charge in [0.2, 0.25) is 0 Å². The van der Waals surface area contributed by atoms with Crippen LogP contribution in [0.25, 0.3) is 0 Å². The van der Waals surface area contributed by atoms with Gasteiger partial charge in [0.15, 0.2) is 0 Å². The zero-order valence-electron chi connectivity index (χ0n) is 16.6. The van der Waals surface area contributed by atoms with Crippen molar-refractivity contribution in [3.8, 4) is 17.2 Å². The van der Waals surface area contributed by atoms with Crippen molar-refractivity contribution in [2.45, 2.75) is 26.4 Å². The number of hydrogen-bond donors (Lipinski definition) is 0. The van der Waals surface area contributed by atoms with E-state index in [1.165, 1.54) is 14.2 Å². The molecule has 2 aromatic rings. The lowest BCUT2D eigenvalue weighted by Crippen LogP contribution is -2.36. The van der Waals surface area contributed by atoms with Gasteiger partial charge < -0.3 is 18.6 Å². The molecule has 0 aromatic heterocycles. The molecule has 1 amide bonds. The van der Waals surface area contributed by atoms with Gasteiger partial charge in [-0.1, -0.05) is 12.1 Å². The molecule has 0 saturated heterocycles. The first-order valence-electron chi connectivity index (χ1n) is 8.65. The average Bonchev–Trinajstić information content (AvgIpc) is 2.64. The van der Waals surface area contributed by atoms with Crippen molar-refractivity contribution in [3.05, 3.63) is 53.6 Å². The van der Waals surface area contributed by atoms with Crippen LogP contribution >= 0.6 is 0 Å². The second kappa shape index (κ2) is 8.97. The molecule has 0 saturated carbocycles. The van der Waals surface area contributed by atoms with E-state index in [0.29, 0.717) is 23.6 Å². The fourth-order valence-electron chi connectivity index (χ4n) is 2.61. The average molecular weight is 407 g/mol. The fourth-order valence-corrected chi connectivity index (χ4v) is 3.07. The first kappa shape index (κ1) is 21.6. The van der Waals surface area contributed by atoms with Crippen LogP contribution in [0.3, 0.4) is 0 Å². The fraction of sp³-hybridized carbons (Fsp3) is 0.350. The summed E-state index contributed by atoms with van der Waals surface area (Å²) in [5.74, 6) is 1.14. The van der Waals surface area contributed by atoms with Crippen molar-refractivity contribution in [1.82, 2.24) is 4.90 Å². The van der Waals surface area contributed by atoms with Gasteiger partial charge in [0, 0.05) is 24.2 Å². The molecule has 8 heteroatoms. The molecule has 7 nitrogen and oxygen atoms in total. The van der Waals surface area contributed by atoms with E-state index in [4.69, 9.17) is 13.7 Å². The number of benzene rings is 2. The Labute approximate surface area is 166 Å². The predicted octanol–water partition coefficient (Wildman–Crippen LogP) is 3.09. The maximum atomic E-state index is 13.1. The summed E-state index contributed by atoms with van der Waals surface area (Å²) in [4.78, 5) is 14.8. The van der Waals surface area contributed by atoms with Crippen LogP contribution < -0.4 is 13.7 Å². The van der Waals surface area contributed by atoms with E-state index in [-0.39, 0.29) is 17.7 Å². The van der Waals surface area contributed by atoms with Crippen molar-refractivity contribution in [1.29, 1.82) is 0 Å². The molecule has 28 heavy (non-hydrogen) atoms. The van der Waals surface area contributed by atoms with E-state index < -0.39 is 10.1 Å². The van der Waals surface area contributed by atoms with Crippen molar-refractivity contribution < 1.29 is 26.9 Å². The smallest absolute Gasteiger partial charge is 0.306 e. The van der Waals surface area contributed by atoms with Crippen LogP contribution in [-0.4, -0.2) is 45.7 Å². The number of ether oxygens (including phenoxy) is 2. The van der Waals surface area contributed by atoms with Crippen LogP contribution in [0.2, 0.25) is 0 Å². The third-order valence-electron chi connectivity index (χ3n) is 4.01. The molecule has 0 fully saturated rings. The summed E-state index contributed by atoms with van der Waals surface area (Å²) in [6, 6.07) is 11.6. The highest BCUT2D eigenvalue weighted by molar-refractivity contribution is 7.86. The molecule has 0 aliphatic carbocycles. The Kier molecular flexibility index (Phi) is 6.90. The first-order valence-corrected chi connectivity index (χ1v) is 10.5. The molecule has 0 radical (unpaired) electrons. The molecule has 0 atom stereocenters. The molecule has 152 valence electrons. The van der Waals surface area contributed by atoms with E-state index in [9.17, 15) is 13.2 Å². The Morgan fingerprint density at radius 2 is 1.50 bits per heavy atom. The van der Waals surface area contributed by atoms with Gasteiger partial charge in [-0.05, 0) is 43.7 Å². The lowest BCUT2D eigenvalue weighted by molar-refractivity contribution is 0.0689. The maximum absolute atomic E-state index is 13.1. The molecule has 2 rings (SSSR count). The van der Waals surface area contributed by atoms with Crippen LogP contribution in [-0.2, 0) is 16.7 Å². The minimum absolute atomic E-state index is 0.0587. The molecular formula is C20H25NO6S. The number of rotatable bonds is 8. The second-order valence-electron chi connectivity index (χ2n) is 6.56. The number of carbonyl (C=O) groups excluding carboxylic acids is 1. The maximum Gasteiger partial charge on any atom is 0.306 e. The van der Waals surface area contributed by atoms with Crippen LogP contribution in [0, 0.1) is 0 Å². The molecule has 0 bridgehead atoms. The minimum Gasteiger partial charge on any atom is -0.497 e. The molecule has 0 N–H and O–H groups in total. The van der Waals surface area contributed by atoms with E-state index in [2.05, 4.69) is 0 Å². The summed E-state index contributed by atoms with van der Waals surface area (Å²) in [5, 5.41) is 0. The van der Waals surface area contributed by atoms with Gasteiger partial charge in [0.1, 0.15) is 17.2 Å². The number of nitrogens with zero attached hydrogens (tertiary/aromatic N) is 1. The summed E-state index contributed by atoms with van der Waals surface area (Å²) < 4.78 is 37.7. The molecular weight excluding hydrogens is 382 g/mol. The molecule has 0 aliphatic heterocycles. The summed E-state index contributed by atoms with van der Waals surface area (Å²) in [6.45, 7) is 4.21. The van der Waals surface area contributed by atoms with Crippen molar-refractivity contribution in [2.75, 3.05) is 20.5 Å². The van der Waals surface area contributed by atoms with Gasteiger partial charge in [-0.25, -0.2) is 0 Å². The largest absolute Gasteiger partial charge is 0.497 e. The van der Waals surface area contributed by atoms with Gasteiger partial charge in [-0.2, -0.15) is 8.42 Å². The third kappa shape index (κ3) is 5.88. The van der Waals surface area contributed by atoms with Crippen LogP contribution in [0.4, 0.5) is 0 Å². The van der Waals surface area contributed by atoms with Crippen molar-refractivity contribution in [2.24, 2.45) is 0 Å². The van der Waals surface area contributed by atoms with Crippen LogP contribution in [0.5, 0.6) is 17.2 Å². The second-order valence-corrected chi connectivity index (χ2v) is 8.13. The highest BCUT2D eigenvalue weighted by Gasteiger charge is 2.21. The zero-order chi connectivity index (χ0) is 20.9. The Hall–Kier alpha value is -2.74. The predicted molar refractivity (Wildman–Crippen MR) is 106 cm³/mol. The van der Waals surface area contributed by atoms with Crippen LogP contribution in [0.15, 0.2) is 42.5 Å². The Morgan fingerprint density at radius 1 is 0.964 bits per heavy atom. The van der Waals surface area contributed by atoms with E-state index in [1.807, 2.05) is 13.8 Å². The summed E-state index contributed by atoms with van der Waals surface area (Å²) in [7, 11) is -0.515. The lowest BCUT2D eigenvalue weighted by atomic mass is 10.1. The van der Waals surface area contributed by atoms with Gasteiger partial charge in [-0.15, -0.1) is 0 Å². The normalized spacial score (nSPS) is 11.2. The Balaban J connectivity index is 2.25. The van der Waals surface area contributed by atoms with E-state index >= 15 is 0 Å². The van der Waals surface area contributed by atoms with Gasteiger partial charge in [0.25, 0.3) is 5.91 Å². The zero-order valence-corrected chi connectivity index (χ0v) is 17.4. The van der Waals surface area contributed by atoms with Gasteiger partial charge >= 0.3 is 10.1 Å². The molecule has 0 heterocycles. The SMILES string of the molecule is COc1cc(OC)cc(C(=O)N(Cc2ccc(OS(C)(=O)=O)cc2)C(C)C)c1. The molecule has 0 unspecified atom stereocenters. The summed E-state index contributed by atoms with van der Waals surface area (Å²) in [5.41, 5.74) is 1.31. The van der Waals surface area contributed by atoms with E-state index in [0.717, 1.165) is 11.8 Å². The first-order chi connectivity index (χ1) is 13.1. The van der Waals surface area contributed by atoms with E-state index in [1.54, 1.807) is 47.4 Å².